The van der Waals surface area contributed by atoms with Crippen LogP contribution < -0.4 is 5.32 Å². The predicted molar refractivity (Wildman–Crippen MR) is 84.0 cm³/mol. The number of benzene rings is 1. The molecular formula is C17H26N2O2. The van der Waals surface area contributed by atoms with E-state index in [4.69, 9.17) is 4.74 Å². The summed E-state index contributed by atoms with van der Waals surface area (Å²) in [6, 6.07) is 8.23. The Hall–Kier alpha value is -1.39. The lowest BCUT2D eigenvalue weighted by atomic mass is 10.1. The van der Waals surface area contributed by atoms with Crippen LogP contribution in [0, 0.1) is 6.92 Å². The van der Waals surface area contributed by atoms with Crippen molar-refractivity contribution in [1.29, 1.82) is 0 Å². The Morgan fingerprint density at radius 1 is 1.29 bits per heavy atom. The minimum atomic E-state index is -0.0583. The van der Waals surface area contributed by atoms with Gasteiger partial charge in [-0.05, 0) is 37.3 Å². The first-order valence-corrected chi connectivity index (χ1v) is 7.80. The minimum Gasteiger partial charge on any atom is -0.385 e. The maximum absolute atomic E-state index is 12.5. The van der Waals surface area contributed by atoms with E-state index in [1.54, 1.807) is 7.11 Å². The second-order valence-corrected chi connectivity index (χ2v) is 5.62. The fourth-order valence-electron chi connectivity index (χ4n) is 2.89. The van der Waals surface area contributed by atoms with Gasteiger partial charge in [0.2, 0.25) is 5.91 Å². The van der Waals surface area contributed by atoms with Crippen LogP contribution in [0.3, 0.4) is 0 Å². The quantitative estimate of drug-likeness (QED) is 0.785. The van der Waals surface area contributed by atoms with E-state index in [1.165, 1.54) is 11.1 Å². The van der Waals surface area contributed by atoms with Gasteiger partial charge >= 0.3 is 0 Å². The lowest BCUT2D eigenvalue weighted by Gasteiger charge is -2.25. The smallest absolute Gasteiger partial charge is 0.241 e. The van der Waals surface area contributed by atoms with Crippen LogP contribution >= 0.6 is 0 Å². The van der Waals surface area contributed by atoms with Gasteiger partial charge in [0.1, 0.15) is 6.17 Å². The van der Waals surface area contributed by atoms with Gasteiger partial charge in [-0.2, -0.15) is 0 Å². The number of aryl methyl sites for hydroxylation is 1. The van der Waals surface area contributed by atoms with Crippen LogP contribution in [0.4, 0.5) is 0 Å². The summed E-state index contributed by atoms with van der Waals surface area (Å²) in [7, 11) is 1.71. The first-order valence-electron chi connectivity index (χ1n) is 7.80. The molecule has 1 aliphatic rings. The topological polar surface area (TPSA) is 41.6 Å². The summed E-state index contributed by atoms with van der Waals surface area (Å²) < 4.78 is 5.09. The molecule has 1 aromatic carbocycles. The SMILES string of the molecule is CCC1NC(c2ccccc2C)N(CCCCOC)C1=O. The van der Waals surface area contributed by atoms with Crippen molar-refractivity contribution in [3.05, 3.63) is 35.4 Å². The Labute approximate surface area is 127 Å². The highest BCUT2D eigenvalue weighted by molar-refractivity contribution is 5.84. The van der Waals surface area contributed by atoms with E-state index in [0.717, 1.165) is 32.4 Å². The molecule has 0 spiro atoms. The molecule has 2 atom stereocenters. The highest BCUT2D eigenvalue weighted by Crippen LogP contribution is 2.28. The average Bonchev–Trinajstić information content (AvgIpc) is 2.80. The lowest BCUT2D eigenvalue weighted by Crippen LogP contribution is -2.32. The van der Waals surface area contributed by atoms with Crippen LogP contribution in [0.1, 0.15) is 43.5 Å². The van der Waals surface area contributed by atoms with Gasteiger partial charge in [0.05, 0.1) is 6.04 Å². The van der Waals surface area contributed by atoms with Gasteiger partial charge < -0.3 is 9.64 Å². The number of hydrogen-bond acceptors (Lipinski definition) is 3. The number of methoxy groups -OCH3 is 1. The Morgan fingerprint density at radius 2 is 2.05 bits per heavy atom. The summed E-state index contributed by atoms with van der Waals surface area (Å²) in [5.74, 6) is 0.225. The van der Waals surface area contributed by atoms with Crippen molar-refractivity contribution in [2.24, 2.45) is 0 Å². The first kappa shape index (κ1) is 16.0. The summed E-state index contributed by atoms with van der Waals surface area (Å²) >= 11 is 0. The van der Waals surface area contributed by atoms with Crippen LogP contribution in [0.5, 0.6) is 0 Å². The number of carbonyl (C=O) groups is 1. The molecular weight excluding hydrogens is 264 g/mol. The van der Waals surface area contributed by atoms with Crippen LogP contribution in [0.25, 0.3) is 0 Å². The molecule has 1 amide bonds. The minimum absolute atomic E-state index is 0.00574. The summed E-state index contributed by atoms with van der Waals surface area (Å²) in [6.45, 7) is 5.69. The Kier molecular flexibility index (Phi) is 5.76. The summed E-state index contributed by atoms with van der Waals surface area (Å²) in [6.07, 6.45) is 2.79. The van der Waals surface area contributed by atoms with Crippen LogP contribution in [-0.2, 0) is 9.53 Å². The molecule has 0 aliphatic carbocycles. The summed E-state index contributed by atoms with van der Waals surface area (Å²) in [4.78, 5) is 14.5. The zero-order valence-corrected chi connectivity index (χ0v) is 13.3. The molecule has 1 aromatic rings. The molecule has 116 valence electrons. The van der Waals surface area contributed by atoms with Crippen molar-refractivity contribution < 1.29 is 9.53 Å². The van der Waals surface area contributed by atoms with E-state index in [2.05, 4.69) is 31.3 Å². The van der Waals surface area contributed by atoms with Crippen molar-refractivity contribution in [2.45, 2.75) is 45.3 Å². The van der Waals surface area contributed by atoms with Gasteiger partial charge in [0.15, 0.2) is 0 Å². The van der Waals surface area contributed by atoms with Gasteiger partial charge in [0.25, 0.3) is 0 Å². The fraction of sp³-hybridized carbons (Fsp3) is 0.588. The normalized spacial score (nSPS) is 22.0. The molecule has 0 saturated carbocycles. The number of rotatable bonds is 7. The molecule has 1 saturated heterocycles. The highest BCUT2D eigenvalue weighted by Gasteiger charge is 2.38. The standard InChI is InChI=1S/C17H26N2O2/c1-4-15-17(20)19(11-7-8-12-21-3)16(18-15)14-10-6-5-9-13(14)2/h5-6,9-10,15-16,18H,4,7-8,11-12H2,1-3H3. The van der Waals surface area contributed by atoms with Crippen molar-refractivity contribution in [3.63, 3.8) is 0 Å². The van der Waals surface area contributed by atoms with E-state index in [9.17, 15) is 4.79 Å². The zero-order valence-electron chi connectivity index (χ0n) is 13.3. The third-order valence-corrected chi connectivity index (χ3v) is 4.14. The monoisotopic (exact) mass is 290 g/mol. The first-order chi connectivity index (χ1) is 10.2. The zero-order chi connectivity index (χ0) is 15.2. The van der Waals surface area contributed by atoms with E-state index < -0.39 is 0 Å². The third-order valence-electron chi connectivity index (χ3n) is 4.14. The molecule has 1 fully saturated rings. The Bertz CT molecular complexity index is 476. The van der Waals surface area contributed by atoms with Crippen molar-refractivity contribution in [3.8, 4) is 0 Å². The average molecular weight is 290 g/mol. The summed E-state index contributed by atoms with van der Waals surface area (Å²) in [5.41, 5.74) is 2.43. The van der Waals surface area contributed by atoms with Crippen LogP contribution in [0.2, 0.25) is 0 Å². The van der Waals surface area contributed by atoms with Crippen LogP contribution in [-0.4, -0.2) is 37.1 Å². The molecule has 1 N–H and O–H groups in total. The Morgan fingerprint density at radius 3 is 2.71 bits per heavy atom. The van der Waals surface area contributed by atoms with Gasteiger partial charge in [-0.15, -0.1) is 0 Å². The molecule has 21 heavy (non-hydrogen) atoms. The highest BCUT2D eigenvalue weighted by atomic mass is 16.5. The van der Waals surface area contributed by atoms with Crippen molar-refractivity contribution in [1.82, 2.24) is 10.2 Å². The Balaban J connectivity index is 2.13. The number of ether oxygens (including phenoxy) is 1. The second kappa shape index (κ2) is 7.57. The van der Waals surface area contributed by atoms with E-state index in [1.807, 2.05) is 17.0 Å². The predicted octanol–water partition coefficient (Wildman–Crippen LogP) is 2.63. The summed E-state index contributed by atoms with van der Waals surface area (Å²) in [5, 5.41) is 3.48. The van der Waals surface area contributed by atoms with E-state index in [-0.39, 0.29) is 18.1 Å². The molecule has 4 heteroatoms. The number of hydrogen-bond donors (Lipinski definition) is 1. The number of unbranched alkanes of at least 4 members (excludes halogenated alkanes) is 1. The molecule has 2 rings (SSSR count). The van der Waals surface area contributed by atoms with E-state index >= 15 is 0 Å². The molecule has 0 bridgehead atoms. The molecule has 1 heterocycles. The fourth-order valence-corrected chi connectivity index (χ4v) is 2.89. The lowest BCUT2D eigenvalue weighted by molar-refractivity contribution is -0.130. The number of carbonyl (C=O) groups excluding carboxylic acids is 1. The number of nitrogens with one attached hydrogen (secondary N) is 1. The molecule has 0 radical (unpaired) electrons. The number of nitrogens with zero attached hydrogens (tertiary/aromatic N) is 1. The third kappa shape index (κ3) is 3.63. The van der Waals surface area contributed by atoms with E-state index in [0.29, 0.717) is 0 Å². The van der Waals surface area contributed by atoms with Crippen LogP contribution in [0.15, 0.2) is 24.3 Å². The van der Waals surface area contributed by atoms with Gasteiger partial charge in [-0.25, -0.2) is 0 Å². The molecule has 1 aliphatic heterocycles. The largest absolute Gasteiger partial charge is 0.385 e. The molecule has 0 aromatic heterocycles. The van der Waals surface area contributed by atoms with Crippen molar-refractivity contribution >= 4 is 5.91 Å². The van der Waals surface area contributed by atoms with Gasteiger partial charge in [-0.3, -0.25) is 10.1 Å². The molecule has 4 nitrogen and oxygen atoms in total. The maximum atomic E-state index is 12.5. The van der Waals surface area contributed by atoms with Gasteiger partial charge in [0, 0.05) is 20.3 Å². The number of amides is 1. The molecule has 2 unspecified atom stereocenters. The second-order valence-electron chi connectivity index (χ2n) is 5.62. The maximum Gasteiger partial charge on any atom is 0.241 e. The van der Waals surface area contributed by atoms with Crippen molar-refractivity contribution in [2.75, 3.05) is 20.3 Å². The van der Waals surface area contributed by atoms with Gasteiger partial charge in [-0.1, -0.05) is 31.2 Å².